The third-order valence-corrected chi connectivity index (χ3v) is 13.7. The first-order valence-corrected chi connectivity index (χ1v) is 27.4. The molecule has 2 aliphatic heterocycles. The van der Waals surface area contributed by atoms with E-state index in [4.69, 9.17) is 11.5 Å². The summed E-state index contributed by atoms with van der Waals surface area (Å²) in [5, 5.41) is 20.0. The highest BCUT2D eigenvalue weighted by molar-refractivity contribution is 8.00. The molecule has 1 saturated heterocycles. The maximum Gasteiger partial charge on any atom is 0.253 e. The van der Waals surface area contributed by atoms with E-state index in [-0.39, 0.29) is 101 Å². The Labute approximate surface area is 444 Å². The zero-order valence-corrected chi connectivity index (χ0v) is 44.7. The largest absolute Gasteiger partial charge is 0.368 e. The third kappa shape index (κ3) is 24.5. The van der Waals surface area contributed by atoms with E-state index in [1.807, 2.05) is 0 Å². The lowest BCUT2D eigenvalue weighted by molar-refractivity contribution is -0.140. The Bertz CT molecular complexity index is 2090. The number of imide groups is 2. The van der Waals surface area contributed by atoms with Crippen molar-refractivity contribution in [1.82, 2.24) is 52.3 Å². The standard InChI is InChI=1S/C47H74N12O14S2/c1-5-35(61)50-20-11-8-14-30(54-36(62)6-2)44(70)55-29(42(48)68)13-7-10-21-52-38(64)19-24-59-41(67)25-34(47(59)73)75-27-33(53-28(3)60)46(72)56-31(45(71)57-32(26-74-4)43(49)69)15-9-12-22-51-37(63)18-23-58-39(65)16-17-40(58)66/h16-17,29-34H,5-15,18-27H2,1-4H3,(H2,48,68)(H2,49,69)(H,50,61)(H,51,63)(H,52,64)(H,53,60)(H,54,62)(H,55,70)(H,56,72)(H,57,71). The van der Waals surface area contributed by atoms with Gasteiger partial charge in [-0.25, -0.2) is 0 Å². The fourth-order valence-corrected chi connectivity index (χ4v) is 9.21. The molecule has 75 heavy (non-hydrogen) atoms. The van der Waals surface area contributed by atoms with Crippen LogP contribution in [0.1, 0.15) is 111 Å². The second-order valence-corrected chi connectivity index (χ2v) is 19.8. The Balaban J connectivity index is 1.91. The van der Waals surface area contributed by atoms with Crippen LogP contribution in [0.4, 0.5) is 0 Å². The van der Waals surface area contributed by atoms with Gasteiger partial charge in [0.15, 0.2) is 0 Å². The molecule has 2 aliphatic rings. The predicted molar refractivity (Wildman–Crippen MR) is 276 cm³/mol. The van der Waals surface area contributed by atoms with Gasteiger partial charge in [-0.3, -0.25) is 76.9 Å². The number of rotatable bonds is 38. The summed E-state index contributed by atoms with van der Waals surface area (Å²) in [7, 11) is 0. The average molecular weight is 1100 g/mol. The van der Waals surface area contributed by atoms with Crippen LogP contribution in [0.25, 0.3) is 0 Å². The normalized spacial score (nSPS) is 16.0. The Hall–Kier alpha value is -6.58. The second kappa shape index (κ2) is 34.8. The van der Waals surface area contributed by atoms with E-state index >= 15 is 0 Å². The SMILES string of the molecule is CCC(=O)NCCCCC(NC(=O)CC)C(=O)NC(CCCCNC(=O)CCN1C(=O)CC(SCC(NC(C)=O)C(=O)NC(CCCCNC(=O)CCN2C(=O)C=CC2=O)C(=O)NC(CSC)C(N)=O)C1=O)C(N)=O. The van der Waals surface area contributed by atoms with Crippen molar-refractivity contribution in [3.8, 4) is 0 Å². The molecule has 26 nitrogen and oxygen atoms in total. The van der Waals surface area contributed by atoms with E-state index in [2.05, 4.69) is 42.5 Å². The van der Waals surface area contributed by atoms with Gasteiger partial charge < -0.3 is 54.0 Å². The molecule has 2 rings (SSSR count). The van der Waals surface area contributed by atoms with Crippen molar-refractivity contribution in [2.75, 3.05) is 50.5 Å². The van der Waals surface area contributed by atoms with Gasteiger partial charge in [-0.2, -0.15) is 11.8 Å². The number of nitrogens with zero attached hydrogens (tertiary/aromatic N) is 2. The van der Waals surface area contributed by atoms with Crippen LogP contribution in [0, 0.1) is 0 Å². The number of nitrogens with two attached hydrogens (primary N) is 2. The molecule has 0 aromatic rings. The van der Waals surface area contributed by atoms with E-state index in [1.54, 1.807) is 20.1 Å². The van der Waals surface area contributed by atoms with Gasteiger partial charge in [-0.15, -0.1) is 11.8 Å². The summed E-state index contributed by atoms with van der Waals surface area (Å²) in [5.74, 6) is -7.96. The summed E-state index contributed by atoms with van der Waals surface area (Å²) in [4.78, 5) is 177. The number of primary amides is 2. The van der Waals surface area contributed by atoms with Crippen molar-refractivity contribution in [2.24, 2.45) is 11.5 Å². The molecule has 0 bridgehead atoms. The summed E-state index contributed by atoms with van der Waals surface area (Å²) in [6.45, 7) is 4.90. The lowest BCUT2D eigenvalue weighted by atomic mass is 10.1. The van der Waals surface area contributed by atoms with Gasteiger partial charge in [0.1, 0.15) is 30.2 Å². The number of hydrogen-bond donors (Lipinski definition) is 10. The zero-order valence-electron chi connectivity index (χ0n) is 43.0. The van der Waals surface area contributed by atoms with Gasteiger partial charge in [0, 0.05) is 95.4 Å². The van der Waals surface area contributed by atoms with E-state index in [9.17, 15) is 67.1 Å². The lowest BCUT2D eigenvalue weighted by Gasteiger charge is -2.25. The number of carbonyl (C=O) groups is 14. The topological polar surface area (TPSA) is 394 Å². The van der Waals surface area contributed by atoms with E-state index in [0.717, 1.165) is 40.6 Å². The minimum atomic E-state index is -1.30. The first kappa shape index (κ1) is 64.5. The molecule has 6 atom stereocenters. The molecule has 2 heterocycles. The Morgan fingerprint density at radius 3 is 1.48 bits per heavy atom. The number of thioether (sulfide) groups is 2. The molecule has 14 amide bonds. The summed E-state index contributed by atoms with van der Waals surface area (Å²) in [5.41, 5.74) is 11.1. The van der Waals surface area contributed by atoms with Gasteiger partial charge in [-0.1, -0.05) is 13.8 Å². The molecule has 28 heteroatoms. The van der Waals surface area contributed by atoms with Gasteiger partial charge >= 0.3 is 0 Å². The second-order valence-electron chi connectivity index (χ2n) is 17.6. The van der Waals surface area contributed by atoms with Crippen molar-refractivity contribution in [3.63, 3.8) is 0 Å². The maximum atomic E-state index is 13.7. The first-order chi connectivity index (χ1) is 35.6. The number of carbonyl (C=O) groups excluding carboxylic acids is 14. The smallest absolute Gasteiger partial charge is 0.253 e. The third-order valence-electron chi connectivity index (χ3n) is 11.7. The molecular formula is C47H74N12O14S2. The highest BCUT2D eigenvalue weighted by Crippen LogP contribution is 2.26. The Morgan fingerprint density at radius 2 is 1.00 bits per heavy atom. The highest BCUT2D eigenvalue weighted by Gasteiger charge is 2.40. The van der Waals surface area contributed by atoms with E-state index in [0.29, 0.717) is 45.1 Å². The molecule has 0 saturated carbocycles. The fourth-order valence-electron chi connectivity index (χ4n) is 7.44. The van der Waals surface area contributed by atoms with Crippen LogP contribution in [0.2, 0.25) is 0 Å². The van der Waals surface area contributed by atoms with E-state index < -0.39 is 106 Å². The van der Waals surface area contributed by atoms with Crippen LogP contribution < -0.4 is 54.0 Å². The van der Waals surface area contributed by atoms with Crippen molar-refractivity contribution >= 4 is 106 Å². The van der Waals surface area contributed by atoms with Gasteiger partial charge in [0.25, 0.3) is 11.8 Å². The summed E-state index contributed by atoms with van der Waals surface area (Å²) < 4.78 is 0. The first-order valence-electron chi connectivity index (χ1n) is 25.0. The molecule has 418 valence electrons. The maximum absolute atomic E-state index is 13.7. The molecule has 0 spiro atoms. The Kier molecular flexibility index (Phi) is 30.0. The number of likely N-dealkylation sites (tertiary alicyclic amines) is 1. The minimum Gasteiger partial charge on any atom is -0.368 e. The molecule has 0 aromatic carbocycles. The molecule has 0 radical (unpaired) electrons. The van der Waals surface area contributed by atoms with Crippen molar-refractivity contribution in [3.05, 3.63) is 12.2 Å². The minimum absolute atomic E-state index is 0.0158. The van der Waals surface area contributed by atoms with Gasteiger partial charge in [0.2, 0.25) is 70.9 Å². The molecule has 0 aromatic heterocycles. The molecule has 0 aliphatic carbocycles. The zero-order chi connectivity index (χ0) is 56.0. The number of unbranched alkanes of at least 4 members (excludes halogenated alkanes) is 3. The van der Waals surface area contributed by atoms with Crippen LogP contribution in [0.15, 0.2) is 12.2 Å². The number of hydrogen-bond acceptors (Lipinski definition) is 16. The summed E-state index contributed by atoms with van der Waals surface area (Å²) in [6, 6.07) is -5.60. The van der Waals surface area contributed by atoms with Crippen molar-refractivity contribution in [1.29, 1.82) is 0 Å². The van der Waals surface area contributed by atoms with Gasteiger partial charge in [-0.05, 0) is 64.0 Å². The molecule has 1 fully saturated rings. The van der Waals surface area contributed by atoms with Crippen LogP contribution >= 0.6 is 23.5 Å². The quantitative estimate of drug-likeness (QED) is 0.0218. The summed E-state index contributed by atoms with van der Waals surface area (Å²) in [6.07, 6.45) is 6.62. The van der Waals surface area contributed by atoms with Crippen molar-refractivity contribution in [2.45, 2.75) is 146 Å². The molecule has 6 unspecified atom stereocenters. The lowest BCUT2D eigenvalue weighted by Crippen LogP contribution is -2.57. The molecule has 12 N–H and O–H groups in total. The van der Waals surface area contributed by atoms with Crippen LogP contribution in [-0.4, -0.2) is 178 Å². The number of nitrogens with one attached hydrogen (secondary N) is 8. The predicted octanol–water partition coefficient (Wildman–Crippen LogP) is -2.99. The fraction of sp³-hybridized carbons (Fsp3) is 0.660. The van der Waals surface area contributed by atoms with Crippen LogP contribution in [0.5, 0.6) is 0 Å². The van der Waals surface area contributed by atoms with Gasteiger partial charge in [0.05, 0.1) is 5.25 Å². The Morgan fingerprint density at radius 1 is 0.560 bits per heavy atom. The number of amides is 14. The van der Waals surface area contributed by atoms with Crippen LogP contribution in [-0.2, 0) is 67.1 Å². The van der Waals surface area contributed by atoms with E-state index in [1.165, 1.54) is 11.8 Å². The average Bonchev–Trinajstić information content (AvgIpc) is 3.83. The monoisotopic (exact) mass is 1090 g/mol. The molecular weight excluding hydrogens is 1020 g/mol. The summed E-state index contributed by atoms with van der Waals surface area (Å²) >= 11 is 2.16. The van der Waals surface area contributed by atoms with Crippen molar-refractivity contribution < 1.29 is 67.1 Å². The van der Waals surface area contributed by atoms with Crippen LogP contribution in [0.3, 0.4) is 0 Å². The highest BCUT2D eigenvalue weighted by atomic mass is 32.2.